The largest absolute Gasteiger partial charge is 0.306 e. The number of benzene rings is 1. The molecule has 1 aliphatic heterocycles. The zero-order valence-electron chi connectivity index (χ0n) is 11.2. The molecule has 2 atom stereocenters. The summed E-state index contributed by atoms with van der Waals surface area (Å²) >= 11 is 5.84. The lowest BCUT2D eigenvalue weighted by atomic mass is 10.1. The first-order chi connectivity index (χ1) is 9.13. The Bertz CT molecular complexity index is 461. The second kappa shape index (κ2) is 5.39. The van der Waals surface area contributed by atoms with Crippen LogP contribution in [0.4, 0.5) is 4.39 Å². The molecule has 1 saturated heterocycles. The van der Waals surface area contributed by atoms with Gasteiger partial charge in [0.25, 0.3) is 0 Å². The molecule has 1 heterocycles. The molecule has 1 aliphatic carbocycles. The van der Waals surface area contributed by atoms with Crippen molar-refractivity contribution in [1.29, 1.82) is 0 Å². The Morgan fingerprint density at radius 2 is 2.16 bits per heavy atom. The van der Waals surface area contributed by atoms with E-state index in [4.69, 9.17) is 11.6 Å². The fourth-order valence-electron chi connectivity index (χ4n) is 2.93. The maximum Gasteiger partial charge on any atom is 0.141 e. The Kier molecular flexibility index (Phi) is 3.79. The Morgan fingerprint density at radius 1 is 1.37 bits per heavy atom. The third-order valence-electron chi connectivity index (χ3n) is 4.21. The molecule has 1 saturated carbocycles. The van der Waals surface area contributed by atoms with Gasteiger partial charge in [-0.3, -0.25) is 4.90 Å². The van der Waals surface area contributed by atoms with E-state index < -0.39 is 0 Å². The van der Waals surface area contributed by atoms with Crippen molar-refractivity contribution in [2.75, 3.05) is 13.1 Å². The predicted octanol–water partition coefficient (Wildman–Crippen LogP) is 3.37. The molecule has 0 spiro atoms. The van der Waals surface area contributed by atoms with Crippen LogP contribution in [0.5, 0.6) is 0 Å². The molecule has 0 bridgehead atoms. The number of nitrogens with zero attached hydrogens (tertiary/aromatic N) is 1. The summed E-state index contributed by atoms with van der Waals surface area (Å²) in [6.07, 6.45) is 3.95. The standard InChI is InChI=1S/C15H20ClFN2/c1-10(11-2-5-15(17)14(16)8-11)18-12-6-7-19(9-12)13-3-4-13/h2,5,8,10,12-13,18H,3-4,6-7,9H2,1H3. The minimum absolute atomic E-state index is 0.206. The van der Waals surface area contributed by atoms with Gasteiger partial charge in [-0.25, -0.2) is 4.39 Å². The second-order valence-electron chi connectivity index (χ2n) is 5.77. The van der Waals surface area contributed by atoms with E-state index in [2.05, 4.69) is 17.1 Å². The molecule has 1 N–H and O–H groups in total. The van der Waals surface area contributed by atoms with E-state index in [1.54, 1.807) is 6.07 Å². The number of halogens is 2. The van der Waals surface area contributed by atoms with Gasteiger partial charge in [-0.1, -0.05) is 17.7 Å². The summed E-state index contributed by atoms with van der Waals surface area (Å²) in [5, 5.41) is 3.84. The normalized spacial score (nSPS) is 25.7. The fourth-order valence-corrected chi connectivity index (χ4v) is 3.12. The second-order valence-corrected chi connectivity index (χ2v) is 6.18. The minimum Gasteiger partial charge on any atom is -0.306 e. The summed E-state index contributed by atoms with van der Waals surface area (Å²) < 4.78 is 13.2. The molecule has 1 aromatic carbocycles. The molecule has 104 valence electrons. The molecular formula is C15H20ClFN2. The summed E-state index contributed by atoms with van der Waals surface area (Å²) in [5.41, 5.74) is 1.05. The Hall–Kier alpha value is -0.640. The van der Waals surface area contributed by atoms with Crippen LogP contribution in [0.25, 0.3) is 0 Å². The van der Waals surface area contributed by atoms with Crippen LogP contribution in [-0.2, 0) is 0 Å². The molecule has 0 aromatic heterocycles. The van der Waals surface area contributed by atoms with Gasteiger partial charge in [0.1, 0.15) is 5.82 Å². The highest BCUT2D eigenvalue weighted by Gasteiger charge is 2.34. The van der Waals surface area contributed by atoms with Gasteiger partial charge in [-0.2, -0.15) is 0 Å². The van der Waals surface area contributed by atoms with Gasteiger partial charge in [0, 0.05) is 31.2 Å². The molecule has 2 fully saturated rings. The highest BCUT2D eigenvalue weighted by Crippen LogP contribution is 2.30. The zero-order valence-corrected chi connectivity index (χ0v) is 12.0. The van der Waals surface area contributed by atoms with E-state index in [-0.39, 0.29) is 16.9 Å². The molecule has 0 radical (unpaired) electrons. The van der Waals surface area contributed by atoms with Crippen LogP contribution >= 0.6 is 11.6 Å². The van der Waals surface area contributed by atoms with E-state index in [1.807, 2.05) is 6.07 Å². The molecule has 1 aromatic rings. The third-order valence-corrected chi connectivity index (χ3v) is 4.50. The predicted molar refractivity (Wildman–Crippen MR) is 76.0 cm³/mol. The van der Waals surface area contributed by atoms with Crippen LogP contribution in [0, 0.1) is 5.82 Å². The molecule has 19 heavy (non-hydrogen) atoms. The Labute approximate surface area is 118 Å². The van der Waals surface area contributed by atoms with E-state index in [0.29, 0.717) is 6.04 Å². The molecular weight excluding hydrogens is 263 g/mol. The van der Waals surface area contributed by atoms with E-state index in [1.165, 1.54) is 31.9 Å². The molecule has 2 nitrogen and oxygen atoms in total. The summed E-state index contributed by atoms with van der Waals surface area (Å²) in [6.45, 7) is 4.46. The molecule has 2 unspecified atom stereocenters. The molecule has 4 heteroatoms. The minimum atomic E-state index is -0.349. The average molecular weight is 283 g/mol. The van der Waals surface area contributed by atoms with Crippen molar-refractivity contribution in [3.05, 3.63) is 34.6 Å². The van der Waals surface area contributed by atoms with Gasteiger partial charge >= 0.3 is 0 Å². The van der Waals surface area contributed by atoms with Crippen molar-refractivity contribution in [2.24, 2.45) is 0 Å². The number of nitrogens with one attached hydrogen (secondary N) is 1. The number of likely N-dealkylation sites (tertiary alicyclic amines) is 1. The first-order valence-electron chi connectivity index (χ1n) is 7.08. The van der Waals surface area contributed by atoms with Gasteiger partial charge in [0.05, 0.1) is 5.02 Å². The van der Waals surface area contributed by atoms with Crippen molar-refractivity contribution in [3.8, 4) is 0 Å². The van der Waals surface area contributed by atoms with Crippen LogP contribution in [0.3, 0.4) is 0 Å². The lowest BCUT2D eigenvalue weighted by Gasteiger charge is -2.21. The van der Waals surface area contributed by atoms with E-state index >= 15 is 0 Å². The van der Waals surface area contributed by atoms with Crippen LogP contribution in [-0.4, -0.2) is 30.1 Å². The van der Waals surface area contributed by atoms with Crippen LogP contribution in [0.2, 0.25) is 5.02 Å². The maximum atomic E-state index is 13.2. The van der Waals surface area contributed by atoms with Crippen LogP contribution in [0.15, 0.2) is 18.2 Å². The SMILES string of the molecule is CC(NC1CCN(C2CC2)C1)c1ccc(F)c(Cl)c1. The lowest BCUT2D eigenvalue weighted by Crippen LogP contribution is -2.34. The number of hydrogen-bond acceptors (Lipinski definition) is 2. The van der Waals surface area contributed by atoms with Gasteiger partial charge in [0.15, 0.2) is 0 Å². The van der Waals surface area contributed by atoms with E-state index in [0.717, 1.165) is 18.2 Å². The highest BCUT2D eigenvalue weighted by atomic mass is 35.5. The van der Waals surface area contributed by atoms with Crippen molar-refractivity contribution in [3.63, 3.8) is 0 Å². The zero-order chi connectivity index (χ0) is 13.4. The number of hydrogen-bond donors (Lipinski definition) is 1. The van der Waals surface area contributed by atoms with Crippen molar-refractivity contribution < 1.29 is 4.39 Å². The van der Waals surface area contributed by atoms with Gasteiger partial charge < -0.3 is 5.32 Å². The first-order valence-corrected chi connectivity index (χ1v) is 7.46. The summed E-state index contributed by atoms with van der Waals surface area (Å²) in [4.78, 5) is 2.59. The maximum absolute atomic E-state index is 13.2. The number of rotatable bonds is 4. The van der Waals surface area contributed by atoms with Crippen LogP contribution in [0.1, 0.15) is 37.8 Å². The van der Waals surface area contributed by atoms with Gasteiger partial charge in [0.2, 0.25) is 0 Å². The highest BCUT2D eigenvalue weighted by molar-refractivity contribution is 6.30. The van der Waals surface area contributed by atoms with Crippen LogP contribution < -0.4 is 5.32 Å². The summed E-state index contributed by atoms with van der Waals surface area (Å²) in [5.74, 6) is -0.349. The Balaban J connectivity index is 1.58. The Morgan fingerprint density at radius 3 is 2.84 bits per heavy atom. The van der Waals surface area contributed by atoms with E-state index in [9.17, 15) is 4.39 Å². The average Bonchev–Trinajstić information content (AvgIpc) is 3.14. The van der Waals surface area contributed by atoms with Gasteiger partial charge in [-0.15, -0.1) is 0 Å². The smallest absolute Gasteiger partial charge is 0.141 e. The topological polar surface area (TPSA) is 15.3 Å². The monoisotopic (exact) mass is 282 g/mol. The van der Waals surface area contributed by atoms with Gasteiger partial charge in [-0.05, 0) is 43.9 Å². The van der Waals surface area contributed by atoms with Crippen molar-refractivity contribution >= 4 is 11.6 Å². The molecule has 3 rings (SSSR count). The lowest BCUT2D eigenvalue weighted by molar-refractivity contribution is 0.313. The fraction of sp³-hybridized carbons (Fsp3) is 0.600. The molecule has 2 aliphatic rings. The summed E-state index contributed by atoms with van der Waals surface area (Å²) in [7, 11) is 0. The summed E-state index contributed by atoms with van der Waals surface area (Å²) in [6, 6.07) is 6.58. The molecule has 0 amide bonds. The van der Waals surface area contributed by atoms with Crippen molar-refractivity contribution in [2.45, 2.75) is 44.3 Å². The third kappa shape index (κ3) is 3.10. The quantitative estimate of drug-likeness (QED) is 0.911. The van der Waals surface area contributed by atoms with Crippen molar-refractivity contribution in [1.82, 2.24) is 10.2 Å². The first kappa shape index (κ1) is 13.3.